The van der Waals surface area contributed by atoms with Gasteiger partial charge >= 0.3 is 0 Å². The third-order valence-electron chi connectivity index (χ3n) is 5.98. The van der Waals surface area contributed by atoms with Gasteiger partial charge < -0.3 is 10.2 Å². The Kier molecular flexibility index (Phi) is 4.80. The summed E-state index contributed by atoms with van der Waals surface area (Å²) >= 11 is 0. The first-order valence-corrected chi connectivity index (χ1v) is 10.1. The van der Waals surface area contributed by atoms with E-state index in [9.17, 15) is 0 Å². The Morgan fingerprint density at radius 1 is 1.15 bits per heavy atom. The van der Waals surface area contributed by atoms with Gasteiger partial charge in [-0.1, -0.05) is 20.8 Å². The average molecular weight is 369 g/mol. The molecule has 2 aliphatic rings. The Labute approximate surface area is 162 Å². The lowest BCUT2D eigenvalue weighted by atomic mass is 9.92. The number of fused-ring (bicyclic) bond motifs is 1. The summed E-state index contributed by atoms with van der Waals surface area (Å²) in [5, 5.41) is 16.9. The van der Waals surface area contributed by atoms with Gasteiger partial charge in [0, 0.05) is 44.5 Å². The summed E-state index contributed by atoms with van der Waals surface area (Å²) in [6, 6.07) is 4.80. The van der Waals surface area contributed by atoms with Crippen molar-refractivity contribution in [2.24, 2.45) is 24.3 Å². The van der Waals surface area contributed by atoms with Crippen LogP contribution >= 0.6 is 0 Å². The Bertz CT molecular complexity index is 776. The zero-order chi connectivity index (χ0) is 19.2. The van der Waals surface area contributed by atoms with Crippen LogP contribution in [0.2, 0.25) is 0 Å². The maximum Gasteiger partial charge on any atom is 0.0964 e. The number of nitrogens with zero attached hydrogens (tertiary/aromatic N) is 5. The van der Waals surface area contributed by atoms with Gasteiger partial charge in [-0.05, 0) is 49.3 Å². The zero-order valence-electron chi connectivity index (χ0n) is 17.2. The number of rotatable bonds is 6. The molecule has 1 aliphatic carbocycles. The largest absolute Gasteiger partial charge is 0.308 e. The lowest BCUT2D eigenvalue weighted by molar-refractivity contribution is 0.239. The van der Waals surface area contributed by atoms with Gasteiger partial charge in [0.05, 0.1) is 17.1 Å². The van der Waals surface area contributed by atoms with Gasteiger partial charge in [0.1, 0.15) is 0 Å². The molecule has 0 radical (unpaired) electrons. The number of hydrogen-bond acceptors (Lipinski definition) is 5. The number of aryl methyl sites for hydroxylation is 2. The summed E-state index contributed by atoms with van der Waals surface area (Å²) in [4.78, 5) is 2.64. The van der Waals surface area contributed by atoms with Crippen molar-refractivity contribution in [2.45, 2.75) is 46.7 Å². The first-order valence-electron chi connectivity index (χ1n) is 10.1. The van der Waals surface area contributed by atoms with E-state index in [-0.39, 0.29) is 0 Å². The molecule has 3 heterocycles. The van der Waals surface area contributed by atoms with E-state index in [0.717, 1.165) is 41.0 Å². The molecule has 0 aromatic carbocycles. The number of hydrogen-bond donors (Lipinski definition) is 1. The molecule has 2 aromatic heterocycles. The predicted octanol–water partition coefficient (Wildman–Crippen LogP) is 2.64. The third-order valence-corrected chi connectivity index (χ3v) is 5.98. The molecule has 0 amide bonds. The van der Waals surface area contributed by atoms with Crippen LogP contribution in [0.3, 0.4) is 0 Å². The second kappa shape index (κ2) is 6.99. The highest BCUT2D eigenvalue weighted by molar-refractivity contribution is 5.60. The zero-order valence-corrected chi connectivity index (χ0v) is 17.2. The van der Waals surface area contributed by atoms with Gasteiger partial charge in [0.2, 0.25) is 0 Å². The van der Waals surface area contributed by atoms with Gasteiger partial charge in [0.25, 0.3) is 0 Å². The molecule has 1 saturated carbocycles. The first-order chi connectivity index (χ1) is 12.8. The van der Waals surface area contributed by atoms with Gasteiger partial charge in [-0.15, -0.1) is 0 Å². The minimum absolute atomic E-state index is 0.434. The SMILES string of the molecule is Cc1nn(C)cc1-c1ccc(CNC2[C@H]3CN(CCC(C)(C)C)C[C@@H]23)nn1. The summed E-state index contributed by atoms with van der Waals surface area (Å²) < 4.78 is 1.82. The maximum absolute atomic E-state index is 4.41. The van der Waals surface area contributed by atoms with Crippen molar-refractivity contribution in [3.8, 4) is 11.3 Å². The number of likely N-dealkylation sites (tertiary alicyclic amines) is 1. The second-order valence-electron chi connectivity index (χ2n) is 9.52. The quantitative estimate of drug-likeness (QED) is 0.849. The summed E-state index contributed by atoms with van der Waals surface area (Å²) in [7, 11) is 1.93. The van der Waals surface area contributed by atoms with Crippen molar-refractivity contribution >= 4 is 0 Å². The molecule has 6 nitrogen and oxygen atoms in total. The fourth-order valence-electron chi connectivity index (χ4n) is 4.26. The van der Waals surface area contributed by atoms with Gasteiger partial charge in [0.15, 0.2) is 0 Å². The monoisotopic (exact) mass is 368 g/mol. The van der Waals surface area contributed by atoms with Crippen molar-refractivity contribution in [3.05, 3.63) is 29.7 Å². The standard InChI is InChI=1S/C21H32N6/c1-14-16(11-26(5)25-14)19-7-6-15(23-24-19)10-22-20-17-12-27(13-18(17)20)9-8-21(2,3)4/h6-7,11,17-18,20,22H,8-10,12-13H2,1-5H3/t17-,18+,20?. The molecule has 146 valence electrons. The van der Waals surface area contributed by atoms with Crippen LogP contribution in [0.1, 0.15) is 38.6 Å². The van der Waals surface area contributed by atoms with Crippen LogP contribution in [-0.2, 0) is 13.6 Å². The van der Waals surface area contributed by atoms with Crippen LogP contribution < -0.4 is 5.32 Å². The van der Waals surface area contributed by atoms with Crippen LogP contribution in [0, 0.1) is 24.2 Å². The van der Waals surface area contributed by atoms with E-state index < -0.39 is 0 Å². The fraction of sp³-hybridized carbons (Fsp3) is 0.667. The van der Waals surface area contributed by atoms with Crippen LogP contribution in [-0.4, -0.2) is 50.6 Å². The van der Waals surface area contributed by atoms with Crippen molar-refractivity contribution in [1.29, 1.82) is 0 Å². The van der Waals surface area contributed by atoms with Crippen molar-refractivity contribution in [3.63, 3.8) is 0 Å². The van der Waals surface area contributed by atoms with Crippen molar-refractivity contribution in [1.82, 2.24) is 30.2 Å². The number of nitrogens with one attached hydrogen (secondary N) is 1. The topological polar surface area (TPSA) is 58.9 Å². The van der Waals surface area contributed by atoms with Gasteiger partial charge in [-0.3, -0.25) is 4.68 Å². The molecular formula is C21H32N6. The number of aromatic nitrogens is 4. The fourth-order valence-corrected chi connectivity index (χ4v) is 4.26. The van der Waals surface area contributed by atoms with E-state index in [2.05, 4.69) is 58.4 Å². The minimum Gasteiger partial charge on any atom is -0.308 e. The van der Waals surface area contributed by atoms with Crippen LogP contribution in [0.15, 0.2) is 18.3 Å². The smallest absolute Gasteiger partial charge is 0.0964 e. The lowest BCUT2D eigenvalue weighted by Gasteiger charge is -2.25. The Balaban J connectivity index is 1.24. The molecule has 1 saturated heterocycles. The van der Waals surface area contributed by atoms with Crippen LogP contribution in [0.5, 0.6) is 0 Å². The molecule has 6 heteroatoms. The van der Waals surface area contributed by atoms with Crippen LogP contribution in [0.25, 0.3) is 11.3 Å². The summed E-state index contributed by atoms with van der Waals surface area (Å²) in [6.07, 6.45) is 3.27. The molecule has 0 spiro atoms. The summed E-state index contributed by atoms with van der Waals surface area (Å²) in [5.74, 6) is 1.66. The molecular weight excluding hydrogens is 336 g/mol. The molecule has 4 rings (SSSR count). The van der Waals surface area contributed by atoms with E-state index in [0.29, 0.717) is 11.5 Å². The van der Waals surface area contributed by atoms with E-state index in [1.807, 2.05) is 24.9 Å². The Morgan fingerprint density at radius 3 is 2.44 bits per heavy atom. The highest BCUT2D eigenvalue weighted by atomic mass is 15.3. The molecule has 3 atom stereocenters. The Morgan fingerprint density at radius 2 is 1.89 bits per heavy atom. The second-order valence-corrected chi connectivity index (χ2v) is 9.52. The molecule has 2 fully saturated rings. The Hall–Kier alpha value is -1.79. The highest BCUT2D eigenvalue weighted by Gasteiger charge is 2.55. The molecule has 2 aromatic rings. The first kappa shape index (κ1) is 18.6. The molecule has 27 heavy (non-hydrogen) atoms. The molecule has 0 bridgehead atoms. The van der Waals surface area contributed by atoms with Crippen molar-refractivity contribution < 1.29 is 0 Å². The molecule has 1 N–H and O–H groups in total. The summed E-state index contributed by atoms with van der Waals surface area (Å²) in [6.45, 7) is 13.5. The van der Waals surface area contributed by atoms with E-state index in [1.54, 1.807) is 0 Å². The normalized spacial score (nSPS) is 25.0. The maximum atomic E-state index is 4.41. The van der Waals surface area contributed by atoms with Crippen molar-refractivity contribution in [2.75, 3.05) is 19.6 Å². The minimum atomic E-state index is 0.434. The van der Waals surface area contributed by atoms with Crippen LogP contribution in [0.4, 0.5) is 0 Å². The predicted molar refractivity (Wildman–Crippen MR) is 107 cm³/mol. The molecule has 1 aliphatic heterocycles. The third kappa shape index (κ3) is 4.22. The number of piperidine rings is 1. The highest BCUT2D eigenvalue weighted by Crippen LogP contribution is 2.45. The van der Waals surface area contributed by atoms with Gasteiger partial charge in [-0.2, -0.15) is 15.3 Å². The van der Waals surface area contributed by atoms with E-state index in [1.165, 1.54) is 26.1 Å². The lowest BCUT2D eigenvalue weighted by Crippen LogP contribution is -2.33. The summed E-state index contributed by atoms with van der Waals surface area (Å²) in [5.41, 5.74) is 4.37. The van der Waals surface area contributed by atoms with E-state index >= 15 is 0 Å². The average Bonchev–Trinajstić information content (AvgIpc) is 2.92. The van der Waals surface area contributed by atoms with Gasteiger partial charge in [-0.25, -0.2) is 0 Å². The van der Waals surface area contributed by atoms with E-state index in [4.69, 9.17) is 0 Å². The molecule has 1 unspecified atom stereocenters.